The SMILES string of the molecule is COc1ccc2oc(C(C)NCc3cnn4c3CNCC4)c(C)c2c1. The van der Waals surface area contributed by atoms with Crippen LogP contribution in [-0.4, -0.2) is 23.4 Å². The Bertz CT molecular complexity index is 896. The second-order valence-corrected chi connectivity index (χ2v) is 6.57. The number of methoxy groups -OCH3 is 1. The van der Waals surface area contributed by atoms with E-state index in [2.05, 4.69) is 34.3 Å². The van der Waals surface area contributed by atoms with Gasteiger partial charge >= 0.3 is 0 Å². The molecule has 3 aromatic rings. The third kappa shape index (κ3) is 2.92. The topological polar surface area (TPSA) is 64.2 Å². The standard InChI is InChI=1S/C19H24N4O2/c1-12-16-8-15(24-3)4-5-18(16)25-19(12)13(2)21-9-14-10-22-23-7-6-20-11-17(14)23/h4-5,8,10,13,20-21H,6-7,9,11H2,1-3H3. The van der Waals surface area contributed by atoms with E-state index < -0.39 is 0 Å². The molecule has 0 aliphatic carbocycles. The van der Waals surface area contributed by atoms with E-state index in [0.29, 0.717) is 0 Å². The second kappa shape index (κ2) is 6.54. The maximum absolute atomic E-state index is 6.09. The lowest BCUT2D eigenvalue weighted by atomic mass is 10.1. The van der Waals surface area contributed by atoms with Gasteiger partial charge in [-0.05, 0) is 32.0 Å². The van der Waals surface area contributed by atoms with E-state index in [9.17, 15) is 0 Å². The van der Waals surface area contributed by atoms with E-state index in [4.69, 9.17) is 9.15 Å². The van der Waals surface area contributed by atoms with E-state index in [-0.39, 0.29) is 6.04 Å². The van der Waals surface area contributed by atoms with Crippen LogP contribution in [0.1, 0.15) is 35.5 Å². The molecule has 1 aliphatic rings. The minimum atomic E-state index is 0.116. The summed E-state index contributed by atoms with van der Waals surface area (Å²) in [4.78, 5) is 0. The van der Waals surface area contributed by atoms with Crippen LogP contribution in [0.15, 0.2) is 28.8 Å². The number of nitrogens with one attached hydrogen (secondary N) is 2. The summed E-state index contributed by atoms with van der Waals surface area (Å²) < 4.78 is 13.5. The van der Waals surface area contributed by atoms with Gasteiger partial charge in [0.2, 0.25) is 0 Å². The number of nitrogens with zero attached hydrogens (tertiary/aromatic N) is 2. The van der Waals surface area contributed by atoms with Crippen LogP contribution in [0.5, 0.6) is 5.75 Å². The highest BCUT2D eigenvalue weighted by Crippen LogP contribution is 2.32. The van der Waals surface area contributed by atoms with Gasteiger partial charge in [0.1, 0.15) is 17.1 Å². The maximum Gasteiger partial charge on any atom is 0.134 e. The zero-order chi connectivity index (χ0) is 17.4. The maximum atomic E-state index is 6.09. The monoisotopic (exact) mass is 340 g/mol. The Kier molecular flexibility index (Phi) is 4.23. The molecule has 0 radical (unpaired) electrons. The van der Waals surface area contributed by atoms with Crippen molar-refractivity contribution in [2.75, 3.05) is 13.7 Å². The molecule has 25 heavy (non-hydrogen) atoms. The molecule has 0 amide bonds. The lowest BCUT2D eigenvalue weighted by Gasteiger charge is -2.17. The molecule has 6 heteroatoms. The molecular formula is C19H24N4O2. The minimum absolute atomic E-state index is 0.116. The first-order valence-electron chi connectivity index (χ1n) is 8.72. The highest BCUT2D eigenvalue weighted by atomic mass is 16.5. The molecule has 3 heterocycles. The van der Waals surface area contributed by atoms with Gasteiger partial charge in [0.05, 0.1) is 31.6 Å². The number of hydrogen-bond donors (Lipinski definition) is 2. The summed E-state index contributed by atoms with van der Waals surface area (Å²) in [6.07, 6.45) is 1.97. The van der Waals surface area contributed by atoms with E-state index in [1.165, 1.54) is 11.3 Å². The predicted octanol–water partition coefficient (Wildman–Crippen LogP) is 2.90. The number of furan rings is 1. The molecule has 1 aliphatic heterocycles. The molecule has 0 fully saturated rings. The molecule has 4 rings (SSSR count). The molecular weight excluding hydrogens is 316 g/mol. The van der Waals surface area contributed by atoms with Crippen molar-refractivity contribution in [2.24, 2.45) is 0 Å². The van der Waals surface area contributed by atoms with E-state index >= 15 is 0 Å². The van der Waals surface area contributed by atoms with Gasteiger partial charge in [0.25, 0.3) is 0 Å². The zero-order valence-electron chi connectivity index (χ0n) is 14.9. The molecule has 1 unspecified atom stereocenters. The van der Waals surface area contributed by atoms with Gasteiger partial charge in [0, 0.05) is 36.1 Å². The molecule has 0 spiro atoms. The van der Waals surface area contributed by atoms with Crippen molar-refractivity contribution in [2.45, 2.75) is 39.5 Å². The quantitative estimate of drug-likeness (QED) is 0.748. The van der Waals surface area contributed by atoms with Crippen molar-refractivity contribution < 1.29 is 9.15 Å². The normalized spacial score (nSPS) is 15.3. The van der Waals surface area contributed by atoms with Crippen molar-refractivity contribution in [3.63, 3.8) is 0 Å². The van der Waals surface area contributed by atoms with Crippen molar-refractivity contribution in [3.8, 4) is 5.75 Å². The third-order valence-corrected chi connectivity index (χ3v) is 5.00. The number of benzene rings is 1. The van der Waals surface area contributed by atoms with Crippen molar-refractivity contribution in [1.29, 1.82) is 0 Å². The van der Waals surface area contributed by atoms with Gasteiger partial charge in [-0.3, -0.25) is 4.68 Å². The van der Waals surface area contributed by atoms with E-state index in [1.807, 2.05) is 24.4 Å². The van der Waals surface area contributed by atoms with E-state index in [0.717, 1.165) is 54.2 Å². The smallest absolute Gasteiger partial charge is 0.134 e. The summed E-state index contributed by atoms with van der Waals surface area (Å²) in [6.45, 7) is 7.82. The van der Waals surface area contributed by atoms with Crippen LogP contribution < -0.4 is 15.4 Å². The van der Waals surface area contributed by atoms with Crippen molar-refractivity contribution in [1.82, 2.24) is 20.4 Å². The van der Waals surface area contributed by atoms with Crippen LogP contribution >= 0.6 is 0 Å². The number of aryl methyl sites for hydroxylation is 1. The molecule has 0 saturated heterocycles. The van der Waals surface area contributed by atoms with Gasteiger partial charge in [0.15, 0.2) is 0 Å². The van der Waals surface area contributed by atoms with Gasteiger partial charge in [-0.25, -0.2) is 0 Å². The van der Waals surface area contributed by atoms with Crippen LogP contribution in [0, 0.1) is 6.92 Å². The first-order valence-corrected chi connectivity index (χ1v) is 8.72. The fourth-order valence-electron chi connectivity index (χ4n) is 3.50. The molecule has 1 aromatic carbocycles. The molecule has 0 bridgehead atoms. The fourth-order valence-corrected chi connectivity index (χ4v) is 3.50. The summed E-state index contributed by atoms with van der Waals surface area (Å²) in [7, 11) is 1.68. The number of ether oxygens (including phenoxy) is 1. The molecule has 6 nitrogen and oxygen atoms in total. The third-order valence-electron chi connectivity index (χ3n) is 5.00. The van der Waals surface area contributed by atoms with Crippen LogP contribution in [0.25, 0.3) is 11.0 Å². The Morgan fingerprint density at radius 1 is 1.44 bits per heavy atom. The Morgan fingerprint density at radius 2 is 2.32 bits per heavy atom. The average Bonchev–Trinajstić information content (AvgIpc) is 3.21. The van der Waals surface area contributed by atoms with E-state index in [1.54, 1.807) is 7.11 Å². The zero-order valence-corrected chi connectivity index (χ0v) is 14.9. The molecule has 1 atom stereocenters. The number of hydrogen-bond acceptors (Lipinski definition) is 5. The summed E-state index contributed by atoms with van der Waals surface area (Å²) >= 11 is 0. The predicted molar refractivity (Wildman–Crippen MR) is 96.7 cm³/mol. The first-order chi connectivity index (χ1) is 12.2. The lowest BCUT2D eigenvalue weighted by Crippen LogP contribution is -2.29. The van der Waals surface area contributed by atoms with Gasteiger partial charge < -0.3 is 19.8 Å². The highest BCUT2D eigenvalue weighted by Gasteiger charge is 2.19. The van der Waals surface area contributed by atoms with Gasteiger partial charge in [-0.2, -0.15) is 5.10 Å². The number of fused-ring (bicyclic) bond motifs is 2. The first kappa shape index (κ1) is 16.2. The Balaban J connectivity index is 1.53. The largest absolute Gasteiger partial charge is 0.497 e. The highest BCUT2D eigenvalue weighted by molar-refractivity contribution is 5.83. The second-order valence-electron chi connectivity index (χ2n) is 6.57. The van der Waals surface area contributed by atoms with Crippen molar-refractivity contribution >= 4 is 11.0 Å². The number of aromatic nitrogens is 2. The van der Waals surface area contributed by atoms with Crippen LogP contribution in [0.3, 0.4) is 0 Å². The summed E-state index contributed by atoms with van der Waals surface area (Å²) in [5.74, 6) is 1.82. The number of rotatable bonds is 5. The Hall–Kier alpha value is -2.31. The Labute approximate surface area is 147 Å². The summed E-state index contributed by atoms with van der Waals surface area (Å²) in [5.41, 5.74) is 4.58. The van der Waals surface area contributed by atoms with Gasteiger partial charge in [-0.1, -0.05) is 0 Å². The Morgan fingerprint density at radius 3 is 3.16 bits per heavy atom. The molecule has 2 N–H and O–H groups in total. The van der Waals surface area contributed by atoms with Crippen molar-refractivity contribution in [3.05, 3.63) is 47.0 Å². The fraction of sp³-hybridized carbons (Fsp3) is 0.421. The summed E-state index contributed by atoms with van der Waals surface area (Å²) in [5, 5.41) is 12.6. The van der Waals surface area contributed by atoms with Gasteiger partial charge in [-0.15, -0.1) is 0 Å². The lowest BCUT2D eigenvalue weighted by molar-refractivity contribution is 0.415. The summed E-state index contributed by atoms with van der Waals surface area (Å²) in [6, 6.07) is 6.05. The molecule has 2 aromatic heterocycles. The average molecular weight is 340 g/mol. The van der Waals surface area contributed by atoms with Crippen LogP contribution in [-0.2, 0) is 19.6 Å². The van der Waals surface area contributed by atoms with Crippen LogP contribution in [0.2, 0.25) is 0 Å². The molecule has 0 saturated carbocycles. The van der Waals surface area contributed by atoms with Crippen LogP contribution in [0.4, 0.5) is 0 Å². The minimum Gasteiger partial charge on any atom is -0.497 e. The molecule has 132 valence electrons.